The average Bonchev–Trinajstić information content (AvgIpc) is 2.99. The molecule has 1 aromatic carbocycles. The molecule has 24 heavy (non-hydrogen) atoms. The second-order valence-corrected chi connectivity index (χ2v) is 7.07. The van der Waals surface area contributed by atoms with Crippen molar-refractivity contribution in [2.45, 2.75) is 25.4 Å². The number of anilines is 1. The minimum absolute atomic E-state index is 0.449. The van der Waals surface area contributed by atoms with Gasteiger partial charge in [0.05, 0.1) is 18.4 Å². The Labute approximate surface area is 153 Å². The van der Waals surface area contributed by atoms with E-state index in [-0.39, 0.29) is 0 Å². The summed E-state index contributed by atoms with van der Waals surface area (Å²) in [5, 5.41) is 12.4. The first kappa shape index (κ1) is 17.2. The molecule has 0 aliphatic carbocycles. The van der Waals surface area contributed by atoms with Crippen molar-refractivity contribution in [3.05, 3.63) is 47.2 Å². The van der Waals surface area contributed by atoms with Crippen molar-refractivity contribution in [3.8, 4) is 0 Å². The highest BCUT2D eigenvalue weighted by atomic mass is 35.5. The SMILES string of the molecule is CN1CCC(NC(=S)Nc2cnn(Cc3ccc(Cl)cc3)c2)CC1. The third-order valence-electron chi connectivity index (χ3n) is 4.20. The van der Waals surface area contributed by atoms with E-state index < -0.39 is 0 Å². The van der Waals surface area contributed by atoms with Crippen LogP contribution >= 0.6 is 23.8 Å². The Morgan fingerprint density at radius 3 is 2.71 bits per heavy atom. The molecule has 0 spiro atoms. The van der Waals surface area contributed by atoms with Crippen molar-refractivity contribution in [1.29, 1.82) is 0 Å². The molecule has 2 heterocycles. The monoisotopic (exact) mass is 363 g/mol. The topological polar surface area (TPSA) is 45.1 Å². The zero-order valence-corrected chi connectivity index (χ0v) is 15.3. The maximum atomic E-state index is 5.91. The minimum atomic E-state index is 0.449. The van der Waals surface area contributed by atoms with Crippen molar-refractivity contribution in [1.82, 2.24) is 20.0 Å². The van der Waals surface area contributed by atoms with Crippen LogP contribution < -0.4 is 10.6 Å². The summed E-state index contributed by atoms with van der Waals surface area (Å²) in [6.45, 7) is 2.92. The Bertz CT molecular complexity index is 677. The average molecular weight is 364 g/mol. The van der Waals surface area contributed by atoms with Crippen LogP contribution in [-0.4, -0.2) is 46.0 Å². The molecule has 1 aliphatic heterocycles. The van der Waals surface area contributed by atoms with E-state index in [1.54, 1.807) is 6.20 Å². The van der Waals surface area contributed by atoms with E-state index in [1.165, 1.54) is 0 Å². The van der Waals surface area contributed by atoms with Crippen molar-refractivity contribution in [3.63, 3.8) is 0 Å². The van der Waals surface area contributed by atoms with Crippen molar-refractivity contribution in [2.75, 3.05) is 25.5 Å². The van der Waals surface area contributed by atoms with Crippen LogP contribution in [0.1, 0.15) is 18.4 Å². The molecule has 5 nitrogen and oxygen atoms in total. The summed E-state index contributed by atoms with van der Waals surface area (Å²) in [6.07, 6.45) is 5.98. The standard InChI is InChI=1S/C17H22ClN5S/c1-22-8-6-15(7-9-22)20-17(24)21-16-10-19-23(12-16)11-13-2-4-14(18)5-3-13/h2-5,10,12,15H,6-9,11H2,1H3,(H2,20,21,24). The molecule has 0 unspecified atom stereocenters. The second-order valence-electron chi connectivity index (χ2n) is 6.23. The highest BCUT2D eigenvalue weighted by Gasteiger charge is 2.17. The van der Waals surface area contributed by atoms with Crippen LogP contribution in [-0.2, 0) is 6.54 Å². The maximum absolute atomic E-state index is 5.91. The summed E-state index contributed by atoms with van der Waals surface area (Å²) >= 11 is 11.3. The number of thiocarbonyl (C=S) groups is 1. The van der Waals surface area contributed by atoms with E-state index in [1.807, 2.05) is 35.1 Å². The number of halogens is 1. The number of nitrogens with one attached hydrogen (secondary N) is 2. The largest absolute Gasteiger partial charge is 0.360 e. The molecule has 0 saturated carbocycles. The number of piperidine rings is 1. The molecule has 128 valence electrons. The third-order valence-corrected chi connectivity index (χ3v) is 4.67. The Hall–Kier alpha value is -1.63. The number of benzene rings is 1. The maximum Gasteiger partial charge on any atom is 0.171 e. The van der Waals surface area contributed by atoms with Crippen LogP contribution in [0.2, 0.25) is 5.02 Å². The normalized spacial score (nSPS) is 16.1. The lowest BCUT2D eigenvalue weighted by Gasteiger charge is -2.30. The first-order valence-corrected chi connectivity index (χ1v) is 8.90. The van der Waals surface area contributed by atoms with E-state index in [4.69, 9.17) is 23.8 Å². The quantitative estimate of drug-likeness (QED) is 0.818. The molecule has 0 atom stereocenters. The predicted molar refractivity (Wildman–Crippen MR) is 103 cm³/mol. The number of hydrogen-bond donors (Lipinski definition) is 2. The minimum Gasteiger partial charge on any atom is -0.360 e. The third kappa shape index (κ3) is 4.93. The van der Waals surface area contributed by atoms with Gasteiger partial charge < -0.3 is 15.5 Å². The van der Waals surface area contributed by atoms with Gasteiger partial charge in [0.2, 0.25) is 0 Å². The van der Waals surface area contributed by atoms with E-state index in [9.17, 15) is 0 Å². The molecule has 1 aromatic heterocycles. The van der Waals surface area contributed by atoms with Gasteiger partial charge in [-0.1, -0.05) is 23.7 Å². The fourth-order valence-electron chi connectivity index (χ4n) is 2.80. The molecule has 0 bridgehead atoms. The van der Waals surface area contributed by atoms with Crippen LogP contribution in [0.3, 0.4) is 0 Å². The fourth-order valence-corrected chi connectivity index (χ4v) is 3.21. The lowest BCUT2D eigenvalue weighted by atomic mass is 10.1. The fraction of sp³-hybridized carbons (Fsp3) is 0.412. The molecule has 2 N–H and O–H groups in total. The molecule has 3 rings (SSSR count). The molecular weight excluding hydrogens is 342 g/mol. The molecule has 7 heteroatoms. The first-order valence-electron chi connectivity index (χ1n) is 8.11. The van der Waals surface area contributed by atoms with Crippen LogP contribution in [0.15, 0.2) is 36.7 Å². The molecule has 0 amide bonds. The van der Waals surface area contributed by atoms with Gasteiger partial charge in [0.15, 0.2) is 5.11 Å². The zero-order chi connectivity index (χ0) is 16.9. The van der Waals surface area contributed by atoms with E-state index in [2.05, 4.69) is 27.7 Å². The Morgan fingerprint density at radius 2 is 2.00 bits per heavy atom. The van der Waals surface area contributed by atoms with E-state index in [0.29, 0.717) is 17.7 Å². The lowest BCUT2D eigenvalue weighted by molar-refractivity contribution is 0.247. The summed E-state index contributed by atoms with van der Waals surface area (Å²) in [4.78, 5) is 2.34. The number of rotatable bonds is 4. The molecule has 1 aliphatic rings. The summed E-state index contributed by atoms with van der Waals surface area (Å²) in [6, 6.07) is 8.23. The van der Waals surface area contributed by atoms with Gasteiger partial charge in [-0.05, 0) is 62.9 Å². The van der Waals surface area contributed by atoms with Gasteiger partial charge in [0.1, 0.15) is 0 Å². The molecule has 0 radical (unpaired) electrons. The van der Waals surface area contributed by atoms with Crippen molar-refractivity contribution >= 4 is 34.6 Å². The Morgan fingerprint density at radius 1 is 1.29 bits per heavy atom. The Balaban J connectivity index is 1.50. The molecule has 1 saturated heterocycles. The van der Waals surface area contributed by atoms with E-state index in [0.717, 1.165) is 42.2 Å². The number of likely N-dealkylation sites (tertiary alicyclic amines) is 1. The smallest absolute Gasteiger partial charge is 0.171 e. The molecule has 1 fully saturated rings. The van der Waals surface area contributed by atoms with Gasteiger partial charge in [-0.25, -0.2) is 0 Å². The number of hydrogen-bond acceptors (Lipinski definition) is 3. The highest BCUT2D eigenvalue weighted by Crippen LogP contribution is 2.13. The lowest BCUT2D eigenvalue weighted by Crippen LogP contribution is -2.44. The van der Waals surface area contributed by atoms with Crippen LogP contribution in [0, 0.1) is 0 Å². The van der Waals surface area contributed by atoms with Gasteiger partial charge in [0.25, 0.3) is 0 Å². The van der Waals surface area contributed by atoms with Crippen molar-refractivity contribution in [2.24, 2.45) is 0 Å². The van der Waals surface area contributed by atoms with Gasteiger partial charge in [-0.15, -0.1) is 0 Å². The summed E-state index contributed by atoms with van der Waals surface area (Å²) < 4.78 is 1.88. The van der Waals surface area contributed by atoms with Gasteiger partial charge in [-0.2, -0.15) is 5.10 Å². The second kappa shape index (κ2) is 7.96. The summed E-state index contributed by atoms with van der Waals surface area (Å²) in [7, 11) is 2.15. The van der Waals surface area contributed by atoms with Gasteiger partial charge in [-0.3, -0.25) is 4.68 Å². The first-order chi connectivity index (χ1) is 11.6. The van der Waals surface area contributed by atoms with Gasteiger partial charge >= 0.3 is 0 Å². The zero-order valence-electron chi connectivity index (χ0n) is 13.7. The summed E-state index contributed by atoms with van der Waals surface area (Å²) in [5.41, 5.74) is 2.05. The van der Waals surface area contributed by atoms with Crippen LogP contribution in [0.25, 0.3) is 0 Å². The number of nitrogens with zero attached hydrogens (tertiary/aromatic N) is 3. The summed E-state index contributed by atoms with van der Waals surface area (Å²) in [5.74, 6) is 0. The predicted octanol–water partition coefficient (Wildman–Crippen LogP) is 2.97. The Kier molecular flexibility index (Phi) is 5.71. The van der Waals surface area contributed by atoms with Crippen LogP contribution in [0.5, 0.6) is 0 Å². The van der Waals surface area contributed by atoms with Crippen LogP contribution in [0.4, 0.5) is 5.69 Å². The van der Waals surface area contributed by atoms with Gasteiger partial charge in [0, 0.05) is 17.3 Å². The number of aromatic nitrogens is 2. The molecule has 2 aromatic rings. The highest BCUT2D eigenvalue weighted by molar-refractivity contribution is 7.80. The van der Waals surface area contributed by atoms with Crippen molar-refractivity contribution < 1.29 is 0 Å². The molecular formula is C17H22ClN5S. The van der Waals surface area contributed by atoms with E-state index >= 15 is 0 Å².